The maximum absolute atomic E-state index is 11.9. The Balaban J connectivity index is 1.63. The van der Waals surface area contributed by atoms with Crippen molar-refractivity contribution in [2.24, 2.45) is 0 Å². The molecule has 0 fully saturated rings. The van der Waals surface area contributed by atoms with Crippen LogP contribution in [-0.4, -0.2) is 47.2 Å². The van der Waals surface area contributed by atoms with Gasteiger partial charge in [0.1, 0.15) is 0 Å². The number of nitrogens with zero attached hydrogens (tertiary/aromatic N) is 2. The Hall–Kier alpha value is -5.54. The van der Waals surface area contributed by atoms with E-state index in [4.69, 9.17) is 9.97 Å². The predicted molar refractivity (Wildman–Crippen MR) is 239 cm³/mol. The fraction of sp³-hybridized carbons (Fsp3) is 0.388. The summed E-state index contributed by atoms with van der Waals surface area (Å²) in [6, 6.07) is 7.85. The lowest BCUT2D eigenvalue weighted by Gasteiger charge is -2.10. The molecule has 2 aliphatic rings. The number of aliphatic hydroxyl groups is 1. The molecule has 306 valence electrons. The molecule has 0 aliphatic carbocycles. The number of hydrogen-bond acceptors (Lipinski definition) is 5. The number of hydrogen-bond donors (Lipinski definition) is 5. The van der Waals surface area contributed by atoms with E-state index in [1.807, 2.05) is 58.0 Å². The summed E-state index contributed by atoms with van der Waals surface area (Å²) < 4.78 is 0. The maximum Gasteiger partial charge on any atom is 0.303 e. The van der Waals surface area contributed by atoms with Crippen LogP contribution in [0, 0.1) is 13.8 Å². The van der Waals surface area contributed by atoms with Crippen molar-refractivity contribution in [2.45, 2.75) is 126 Å². The van der Waals surface area contributed by atoms with E-state index >= 15 is 0 Å². The number of carbonyl (C=O) groups is 2. The molecule has 8 bridgehead atoms. The normalized spacial score (nSPS) is 13.9. The van der Waals surface area contributed by atoms with E-state index in [1.165, 1.54) is 16.7 Å². The van der Waals surface area contributed by atoms with Gasteiger partial charge < -0.3 is 25.3 Å². The number of rotatable bonds is 17. The van der Waals surface area contributed by atoms with Crippen molar-refractivity contribution in [3.63, 3.8) is 0 Å². The summed E-state index contributed by atoms with van der Waals surface area (Å²) >= 11 is 0. The number of carboxylic acids is 2. The van der Waals surface area contributed by atoms with E-state index in [2.05, 4.69) is 62.5 Å². The van der Waals surface area contributed by atoms with E-state index in [0.717, 1.165) is 98.7 Å². The van der Waals surface area contributed by atoms with Gasteiger partial charge in [-0.2, -0.15) is 0 Å². The maximum atomic E-state index is 11.9. The van der Waals surface area contributed by atoms with Crippen LogP contribution in [-0.2, 0) is 9.59 Å². The summed E-state index contributed by atoms with van der Waals surface area (Å²) in [4.78, 5) is 40.7. The number of carboxylic acid groups (broad SMARTS) is 2. The number of aromatic amines is 2. The van der Waals surface area contributed by atoms with Crippen LogP contribution in [0.25, 0.3) is 50.4 Å². The Morgan fingerprint density at radius 3 is 1.69 bits per heavy atom. The van der Waals surface area contributed by atoms with Gasteiger partial charge in [0.05, 0.1) is 28.9 Å². The van der Waals surface area contributed by atoms with Gasteiger partial charge in [-0.1, -0.05) is 47.6 Å². The highest BCUT2D eigenvalue weighted by molar-refractivity contribution is 5.97. The van der Waals surface area contributed by atoms with Crippen LogP contribution in [0.3, 0.4) is 0 Å². The Bertz CT molecular complexity index is 2430. The van der Waals surface area contributed by atoms with Crippen LogP contribution in [0.5, 0.6) is 0 Å². The number of aryl methyl sites for hydroxylation is 2. The first-order valence-electron chi connectivity index (χ1n) is 20.4. The minimum Gasteiger partial charge on any atom is -0.481 e. The molecule has 3 aromatic heterocycles. The molecule has 58 heavy (non-hydrogen) atoms. The highest BCUT2D eigenvalue weighted by Gasteiger charge is 2.23. The lowest BCUT2D eigenvalue weighted by atomic mass is 9.98. The molecule has 0 saturated heterocycles. The van der Waals surface area contributed by atoms with E-state index in [0.29, 0.717) is 29.2 Å². The number of nitrogens with one attached hydrogen (secondary N) is 2. The van der Waals surface area contributed by atoms with Crippen molar-refractivity contribution >= 4 is 62.4 Å². The first-order valence-corrected chi connectivity index (χ1v) is 20.4. The molecular formula is C49H60N4O5. The zero-order valence-corrected chi connectivity index (χ0v) is 35.5. The molecule has 0 amide bonds. The molecule has 9 heteroatoms. The second kappa shape index (κ2) is 19.3. The quantitative estimate of drug-likeness (QED) is 0.0854. The summed E-state index contributed by atoms with van der Waals surface area (Å²) in [7, 11) is 0. The molecule has 1 atom stereocenters. The molecule has 5 N–H and O–H groups in total. The topological polar surface area (TPSA) is 152 Å². The summed E-state index contributed by atoms with van der Waals surface area (Å²) in [6.45, 7) is 20.7. The average Bonchev–Trinajstić information content (AvgIpc) is 3.82. The van der Waals surface area contributed by atoms with Crippen molar-refractivity contribution in [1.29, 1.82) is 0 Å². The lowest BCUT2D eigenvalue weighted by Crippen LogP contribution is -1.98. The van der Waals surface area contributed by atoms with Crippen LogP contribution < -0.4 is 0 Å². The largest absolute Gasteiger partial charge is 0.481 e. The SMILES string of the molecule is C=Cc1c(C)c2cc3[nH]c(cc4nc(cc5nc(cc1[nH]2)C(C)=C5CCC(=O)O)C(CCC(=O)O)=C4C)c(C)c3[C@@H](O)CC/C=C(\C)CC/C=C(\C)CCC=C(C)C. The van der Waals surface area contributed by atoms with E-state index < -0.39 is 18.0 Å². The Morgan fingerprint density at radius 2 is 1.16 bits per heavy atom. The highest BCUT2D eigenvalue weighted by Crippen LogP contribution is 2.39. The van der Waals surface area contributed by atoms with Gasteiger partial charge >= 0.3 is 11.9 Å². The molecule has 9 nitrogen and oxygen atoms in total. The van der Waals surface area contributed by atoms with Gasteiger partial charge in [-0.3, -0.25) is 9.59 Å². The van der Waals surface area contributed by atoms with Crippen LogP contribution in [0.15, 0.2) is 65.8 Å². The van der Waals surface area contributed by atoms with Crippen molar-refractivity contribution < 1.29 is 24.9 Å². The van der Waals surface area contributed by atoms with Crippen LogP contribution in [0.2, 0.25) is 0 Å². The zero-order valence-electron chi connectivity index (χ0n) is 35.5. The molecule has 2 aliphatic heterocycles. The lowest BCUT2D eigenvalue weighted by molar-refractivity contribution is -0.137. The fourth-order valence-electron chi connectivity index (χ4n) is 7.90. The number of aliphatic carboxylic acids is 2. The van der Waals surface area contributed by atoms with Gasteiger partial charge in [-0.05, 0) is 164 Å². The zero-order chi connectivity index (χ0) is 42.3. The van der Waals surface area contributed by atoms with Gasteiger partial charge in [-0.25, -0.2) is 9.97 Å². The summed E-state index contributed by atoms with van der Waals surface area (Å²) in [5.74, 6) is -1.81. The fourth-order valence-corrected chi connectivity index (χ4v) is 7.90. The first-order chi connectivity index (χ1) is 27.6. The van der Waals surface area contributed by atoms with Crippen molar-refractivity contribution in [3.05, 3.63) is 111 Å². The summed E-state index contributed by atoms with van der Waals surface area (Å²) in [5.41, 5.74) is 16.9. The molecule has 0 unspecified atom stereocenters. The molecule has 0 aromatic carbocycles. The Labute approximate surface area is 342 Å². The second-order valence-electron chi connectivity index (χ2n) is 16.1. The van der Waals surface area contributed by atoms with E-state index in [9.17, 15) is 24.9 Å². The minimum atomic E-state index is -0.906. The molecule has 0 saturated carbocycles. The van der Waals surface area contributed by atoms with Gasteiger partial charge in [0, 0.05) is 46.0 Å². The first kappa shape index (κ1) is 43.6. The molecule has 5 rings (SSSR count). The van der Waals surface area contributed by atoms with Gasteiger partial charge in [-0.15, -0.1) is 0 Å². The third kappa shape index (κ3) is 10.5. The third-order valence-corrected chi connectivity index (χ3v) is 11.4. The second-order valence-corrected chi connectivity index (χ2v) is 16.1. The molecule has 5 heterocycles. The van der Waals surface area contributed by atoms with Gasteiger partial charge in [0.25, 0.3) is 0 Å². The third-order valence-electron chi connectivity index (χ3n) is 11.4. The van der Waals surface area contributed by atoms with Crippen LogP contribution in [0.4, 0.5) is 0 Å². The molecule has 0 spiro atoms. The number of aliphatic hydroxyl groups excluding tert-OH is 1. The van der Waals surface area contributed by atoms with Crippen molar-refractivity contribution in [2.75, 3.05) is 0 Å². The minimum absolute atomic E-state index is 0.0587. The van der Waals surface area contributed by atoms with E-state index in [-0.39, 0.29) is 25.7 Å². The average molecular weight is 785 g/mol. The van der Waals surface area contributed by atoms with Crippen molar-refractivity contribution in [1.82, 2.24) is 19.9 Å². The monoisotopic (exact) mass is 784 g/mol. The van der Waals surface area contributed by atoms with Gasteiger partial charge in [0.2, 0.25) is 0 Å². The molecule has 0 radical (unpaired) electrons. The van der Waals surface area contributed by atoms with Crippen LogP contribution in [0.1, 0.15) is 157 Å². The number of aromatic nitrogens is 4. The van der Waals surface area contributed by atoms with E-state index in [1.54, 1.807) is 0 Å². The van der Waals surface area contributed by atoms with Gasteiger partial charge in [0.15, 0.2) is 0 Å². The Kier molecular flexibility index (Phi) is 14.5. The highest BCUT2D eigenvalue weighted by atomic mass is 16.4. The smallest absolute Gasteiger partial charge is 0.303 e. The summed E-state index contributed by atoms with van der Waals surface area (Å²) in [5, 5.41) is 31.1. The standard InChI is InChI=1S/C49H60N4O5/c1-10-35-31(6)40-26-45-49(46(54)19-13-18-30(5)17-12-16-29(4)15-11-14-28(2)3)34(9)41(53-45)24-38-32(7)36(20-22-47(55)56)43(51-38)27-44-37(21-23-48(57)58)33(8)39(52-44)25-42(35)50-40/h10,14,16,18,24-27,46,50,53-54H,1,11-13,15,17,19-23H2,2-9H3,(H,55,56)(H,57,58)/b29-16+,30-18+,38-24?,39-25?,40-26?,41-24?,42-25?,43-27?,44-27?,45-26?/t46-/m0/s1. The predicted octanol–water partition coefficient (Wildman–Crippen LogP) is 12.4. The number of H-pyrrole nitrogens is 2. The Morgan fingerprint density at radius 1 is 0.655 bits per heavy atom. The molecule has 3 aromatic rings. The van der Waals surface area contributed by atoms with Crippen LogP contribution >= 0.6 is 0 Å². The summed E-state index contributed by atoms with van der Waals surface area (Å²) in [6.07, 6.45) is 13.8. The van der Waals surface area contributed by atoms with Crippen molar-refractivity contribution in [3.8, 4) is 0 Å². The molecular weight excluding hydrogens is 725 g/mol. The number of allylic oxidation sites excluding steroid dienone is 10. The number of fused-ring (bicyclic) bond motifs is 8.